The van der Waals surface area contributed by atoms with Crippen LogP contribution in [0.3, 0.4) is 0 Å². The predicted molar refractivity (Wildman–Crippen MR) is 74.4 cm³/mol. The highest BCUT2D eigenvalue weighted by Gasteiger charge is 2.20. The summed E-state index contributed by atoms with van der Waals surface area (Å²) in [5, 5.41) is 3.24. The average molecular weight is 285 g/mol. The van der Waals surface area contributed by atoms with Gasteiger partial charge in [-0.1, -0.05) is 18.6 Å². The summed E-state index contributed by atoms with van der Waals surface area (Å²) in [6, 6.07) is 6.22. The minimum atomic E-state index is -3.08. The summed E-state index contributed by atoms with van der Waals surface area (Å²) in [6.45, 7) is 0.907. The molecule has 0 spiro atoms. The molecule has 0 radical (unpaired) electrons. The summed E-state index contributed by atoms with van der Waals surface area (Å²) in [5.41, 5.74) is 0.736. The first kappa shape index (κ1) is 14.5. The van der Waals surface area contributed by atoms with Gasteiger partial charge in [0, 0.05) is 6.04 Å². The predicted octanol–water partition coefficient (Wildman–Crippen LogP) is 1.93. The van der Waals surface area contributed by atoms with Gasteiger partial charge in [0.15, 0.2) is 9.84 Å². The van der Waals surface area contributed by atoms with Gasteiger partial charge in [-0.25, -0.2) is 12.8 Å². The van der Waals surface area contributed by atoms with Crippen LogP contribution in [0.15, 0.2) is 24.3 Å². The molecule has 1 aromatic carbocycles. The van der Waals surface area contributed by atoms with Crippen molar-refractivity contribution in [2.75, 3.05) is 18.1 Å². The molecule has 5 heteroatoms. The van der Waals surface area contributed by atoms with Gasteiger partial charge in [-0.3, -0.25) is 0 Å². The fourth-order valence-electron chi connectivity index (χ4n) is 2.42. The van der Waals surface area contributed by atoms with Gasteiger partial charge in [0.25, 0.3) is 0 Å². The van der Waals surface area contributed by atoms with E-state index in [0.29, 0.717) is 6.42 Å². The topological polar surface area (TPSA) is 46.2 Å². The molecule has 0 aromatic heterocycles. The van der Waals surface area contributed by atoms with Crippen LogP contribution < -0.4 is 5.32 Å². The van der Waals surface area contributed by atoms with Crippen molar-refractivity contribution in [3.63, 3.8) is 0 Å². The average Bonchev–Trinajstić information content (AvgIpc) is 2.37. The molecule has 1 heterocycles. The van der Waals surface area contributed by atoms with Crippen LogP contribution >= 0.6 is 0 Å². The minimum absolute atomic E-state index is 0.0891. The van der Waals surface area contributed by atoms with Crippen molar-refractivity contribution in [3.05, 3.63) is 35.6 Å². The number of halogens is 1. The van der Waals surface area contributed by atoms with Crippen molar-refractivity contribution in [1.82, 2.24) is 5.32 Å². The first-order valence-corrected chi connectivity index (χ1v) is 8.55. The van der Waals surface area contributed by atoms with Gasteiger partial charge in [-0.05, 0) is 43.5 Å². The zero-order valence-electron chi connectivity index (χ0n) is 10.9. The maximum atomic E-state index is 13.0. The molecule has 1 saturated heterocycles. The molecule has 19 heavy (non-hydrogen) atoms. The molecule has 106 valence electrons. The summed E-state index contributed by atoms with van der Waals surface area (Å²) in [6.07, 6.45) is 3.53. The molecule has 1 unspecified atom stereocenters. The van der Waals surface area contributed by atoms with Crippen molar-refractivity contribution < 1.29 is 12.8 Å². The van der Waals surface area contributed by atoms with Crippen LogP contribution in [0.5, 0.6) is 0 Å². The summed E-state index contributed by atoms with van der Waals surface area (Å²) < 4.78 is 37.0. The Morgan fingerprint density at radius 2 is 2.16 bits per heavy atom. The molecule has 1 aliphatic rings. The van der Waals surface area contributed by atoms with Gasteiger partial charge in [0.2, 0.25) is 0 Å². The minimum Gasteiger partial charge on any atom is -0.313 e. The first-order chi connectivity index (χ1) is 9.05. The lowest BCUT2D eigenvalue weighted by Crippen LogP contribution is -2.40. The van der Waals surface area contributed by atoms with Crippen LogP contribution in [-0.2, 0) is 16.3 Å². The quantitative estimate of drug-likeness (QED) is 0.899. The van der Waals surface area contributed by atoms with Gasteiger partial charge in [-0.2, -0.15) is 0 Å². The summed E-state index contributed by atoms with van der Waals surface area (Å²) in [5.74, 6) is -0.0272. The van der Waals surface area contributed by atoms with Crippen LogP contribution in [0.2, 0.25) is 0 Å². The summed E-state index contributed by atoms with van der Waals surface area (Å²) in [4.78, 5) is 0. The molecule has 1 fully saturated rings. The van der Waals surface area contributed by atoms with E-state index in [0.717, 1.165) is 31.4 Å². The molecular weight excluding hydrogens is 265 g/mol. The molecule has 1 aromatic rings. The number of benzene rings is 1. The number of aryl methyl sites for hydroxylation is 1. The maximum Gasteiger partial charge on any atom is 0.152 e. The van der Waals surface area contributed by atoms with E-state index in [-0.39, 0.29) is 23.4 Å². The number of sulfone groups is 1. The lowest BCUT2D eigenvalue weighted by atomic mass is 10.1. The molecule has 0 saturated carbocycles. The second-order valence-corrected chi connectivity index (χ2v) is 7.37. The Hall–Kier alpha value is -0.940. The molecular formula is C14H20FNO2S. The fourth-order valence-corrected chi connectivity index (χ4v) is 4.03. The molecule has 2 rings (SSSR count). The van der Waals surface area contributed by atoms with E-state index < -0.39 is 9.84 Å². The molecule has 1 N–H and O–H groups in total. The van der Waals surface area contributed by atoms with Gasteiger partial charge in [-0.15, -0.1) is 0 Å². The largest absolute Gasteiger partial charge is 0.313 e. The Bertz CT molecular complexity index is 510. The molecule has 0 amide bonds. The number of nitrogens with one attached hydrogen (secondary N) is 1. The highest BCUT2D eigenvalue weighted by Crippen LogP contribution is 2.11. The van der Waals surface area contributed by atoms with Crippen LogP contribution in [0.1, 0.15) is 24.8 Å². The second kappa shape index (κ2) is 6.48. The number of rotatable bonds is 5. The second-order valence-electron chi connectivity index (χ2n) is 5.14. The van der Waals surface area contributed by atoms with Crippen molar-refractivity contribution in [2.45, 2.75) is 31.7 Å². The van der Waals surface area contributed by atoms with E-state index in [9.17, 15) is 12.8 Å². The lowest BCUT2D eigenvalue weighted by molar-refractivity contribution is 0.423. The Balaban J connectivity index is 1.86. The van der Waals surface area contributed by atoms with Crippen LogP contribution in [0, 0.1) is 5.82 Å². The van der Waals surface area contributed by atoms with E-state index in [2.05, 4.69) is 5.32 Å². The molecule has 0 bridgehead atoms. The molecule has 3 nitrogen and oxygen atoms in total. The van der Waals surface area contributed by atoms with E-state index in [1.807, 2.05) is 0 Å². The number of hydrogen-bond donors (Lipinski definition) is 1. The smallest absolute Gasteiger partial charge is 0.152 e. The van der Waals surface area contributed by atoms with Crippen LogP contribution in [0.25, 0.3) is 0 Å². The summed E-state index contributed by atoms with van der Waals surface area (Å²) in [7, 11) is -3.08. The van der Waals surface area contributed by atoms with Crippen molar-refractivity contribution >= 4 is 9.84 Å². The third-order valence-corrected chi connectivity index (χ3v) is 5.19. The Morgan fingerprint density at radius 3 is 2.84 bits per heavy atom. The van der Waals surface area contributed by atoms with Gasteiger partial charge in [0.05, 0.1) is 11.5 Å². The van der Waals surface area contributed by atoms with E-state index in [1.165, 1.54) is 12.1 Å². The lowest BCUT2D eigenvalue weighted by Gasteiger charge is -2.23. The standard InChI is InChI=1S/C14H20FNO2S/c15-13-5-3-4-12(10-13)7-9-19(17,18)11-14-6-1-2-8-16-14/h3-5,10,14,16H,1-2,6-9,11H2. The Morgan fingerprint density at radius 1 is 1.32 bits per heavy atom. The van der Waals surface area contributed by atoms with Gasteiger partial charge in [0.1, 0.15) is 5.82 Å². The monoisotopic (exact) mass is 285 g/mol. The zero-order valence-corrected chi connectivity index (χ0v) is 11.8. The van der Waals surface area contributed by atoms with Gasteiger partial charge < -0.3 is 5.32 Å². The number of hydrogen-bond acceptors (Lipinski definition) is 3. The first-order valence-electron chi connectivity index (χ1n) is 6.73. The Kier molecular flexibility index (Phi) is 4.93. The fraction of sp³-hybridized carbons (Fsp3) is 0.571. The number of piperidine rings is 1. The van der Waals surface area contributed by atoms with Crippen LogP contribution in [0.4, 0.5) is 4.39 Å². The third kappa shape index (κ3) is 4.91. The van der Waals surface area contributed by atoms with Gasteiger partial charge >= 0.3 is 0 Å². The van der Waals surface area contributed by atoms with Crippen molar-refractivity contribution in [2.24, 2.45) is 0 Å². The normalized spacial score (nSPS) is 20.4. The maximum absolute atomic E-state index is 13.0. The van der Waals surface area contributed by atoms with E-state index >= 15 is 0 Å². The van der Waals surface area contributed by atoms with E-state index in [4.69, 9.17) is 0 Å². The summed E-state index contributed by atoms with van der Waals surface area (Å²) >= 11 is 0. The zero-order chi connectivity index (χ0) is 13.7. The SMILES string of the molecule is O=S(=O)(CCc1cccc(F)c1)CC1CCCCN1. The Labute approximate surface area is 114 Å². The highest BCUT2D eigenvalue weighted by molar-refractivity contribution is 7.91. The highest BCUT2D eigenvalue weighted by atomic mass is 32.2. The third-order valence-electron chi connectivity index (χ3n) is 3.46. The molecule has 1 atom stereocenters. The molecule has 0 aliphatic carbocycles. The van der Waals surface area contributed by atoms with Crippen LogP contribution in [-0.4, -0.2) is 32.5 Å². The van der Waals surface area contributed by atoms with E-state index in [1.54, 1.807) is 12.1 Å². The van der Waals surface area contributed by atoms with Crippen molar-refractivity contribution in [3.8, 4) is 0 Å². The van der Waals surface area contributed by atoms with Crippen molar-refractivity contribution in [1.29, 1.82) is 0 Å². The molecule has 1 aliphatic heterocycles.